The zero-order chi connectivity index (χ0) is 25.4. The second-order valence-corrected chi connectivity index (χ2v) is 10.5. The van der Waals surface area contributed by atoms with Crippen LogP contribution in [-0.4, -0.2) is 28.7 Å². The van der Waals surface area contributed by atoms with E-state index in [4.69, 9.17) is 11.6 Å². The van der Waals surface area contributed by atoms with Gasteiger partial charge < -0.3 is 5.32 Å². The maximum atomic E-state index is 13.7. The Hall–Kier alpha value is -3.13. The van der Waals surface area contributed by atoms with Crippen LogP contribution in [0.15, 0.2) is 60.7 Å². The molecule has 7 rings (SSSR count). The molecule has 4 aliphatic carbocycles. The second kappa shape index (κ2) is 8.20. The van der Waals surface area contributed by atoms with E-state index in [0.29, 0.717) is 17.4 Å². The van der Waals surface area contributed by atoms with Gasteiger partial charge in [-0.3, -0.25) is 19.3 Å². The standard InChI is InChI=1S/C27H22ClF3N2O3/c28-19-9-6-14(27(29,30)31)11-20(19)32-24(34)21(10-13-4-2-1-3-5-13)33-25(35)22-15-7-8-16(18-12-17(15)18)23(22)26(33)36/h1-9,11,15-18,21-23H,10,12H2,(H,32,34)/t15-,16-,17-,18-,21-,22+,23+/m1/s1. The van der Waals surface area contributed by atoms with Crippen LogP contribution in [0.25, 0.3) is 0 Å². The molecule has 5 aliphatic rings. The number of benzene rings is 2. The molecule has 0 unspecified atom stereocenters. The molecule has 2 saturated carbocycles. The van der Waals surface area contributed by atoms with Crippen LogP contribution >= 0.6 is 11.6 Å². The molecular formula is C27H22ClF3N2O3. The number of carbonyl (C=O) groups excluding carboxylic acids is 3. The van der Waals surface area contributed by atoms with Crippen molar-refractivity contribution in [3.05, 3.63) is 76.8 Å². The highest BCUT2D eigenvalue weighted by molar-refractivity contribution is 6.33. The first-order chi connectivity index (χ1) is 17.1. The van der Waals surface area contributed by atoms with Gasteiger partial charge in [-0.1, -0.05) is 54.1 Å². The Bertz CT molecular complexity index is 1260. The normalized spacial score (nSPS) is 30.7. The molecule has 1 aliphatic heterocycles. The summed E-state index contributed by atoms with van der Waals surface area (Å²) in [7, 11) is 0. The summed E-state index contributed by atoms with van der Waals surface area (Å²) in [5.74, 6) is -1.69. The van der Waals surface area contributed by atoms with Crippen LogP contribution in [0.4, 0.5) is 18.9 Å². The Kier molecular flexibility index (Phi) is 5.30. The smallest absolute Gasteiger partial charge is 0.323 e. The van der Waals surface area contributed by atoms with Gasteiger partial charge in [-0.15, -0.1) is 0 Å². The van der Waals surface area contributed by atoms with Crippen molar-refractivity contribution in [3.63, 3.8) is 0 Å². The summed E-state index contributed by atoms with van der Waals surface area (Å²) in [5, 5.41) is 2.39. The van der Waals surface area contributed by atoms with Crippen molar-refractivity contribution in [2.45, 2.75) is 25.1 Å². The van der Waals surface area contributed by atoms with Crippen LogP contribution in [0.5, 0.6) is 0 Å². The summed E-state index contributed by atoms with van der Waals surface area (Å²) < 4.78 is 39.8. The molecule has 1 saturated heterocycles. The van der Waals surface area contributed by atoms with Gasteiger partial charge in [0, 0.05) is 6.42 Å². The lowest BCUT2D eigenvalue weighted by atomic mass is 9.63. The highest BCUT2D eigenvalue weighted by atomic mass is 35.5. The summed E-state index contributed by atoms with van der Waals surface area (Å²) in [4.78, 5) is 41.9. The zero-order valence-electron chi connectivity index (χ0n) is 18.9. The van der Waals surface area contributed by atoms with Crippen LogP contribution < -0.4 is 5.32 Å². The van der Waals surface area contributed by atoms with Gasteiger partial charge in [0.2, 0.25) is 17.7 Å². The Morgan fingerprint density at radius 2 is 1.61 bits per heavy atom. The Balaban J connectivity index is 1.34. The van der Waals surface area contributed by atoms with Crippen molar-refractivity contribution in [1.82, 2.24) is 4.90 Å². The number of rotatable bonds is 5. The Morgan fingerprint density at radius 3 is 2.19 bits per heavy atom. The van der Waals surface area contributed by atoms with Gasteiger partial charge in [-0.2, -0.15) is 13.2 Å². The number of allylic oxidation sites excluding steroid dienone is 2. The third-order valence-corrected chi connectivity index (χ3v) is 8.46. The first-order valence-corrected chi connectivity index (χ1v) is 12.3. The van der Waals surface area contributed by atoms with Gasteiger partial charge in [0.15, 0.2) is 0 Å². The number of likely N-dealkylation sites (tertiary alicyclic amines) is 1. The first-order valence-electron chi connectivity index (χ1n) is 11.9. The van der Waals surface area contributed by atoms with Crippen LogP contribution in [0.3, 0.4) is 0 Å². The second-order valence-electron chi connectivity index (χ2n) is 10.1. The fourth-order valence-electron chi connectivity index (χ4n) is 6.44. The molecule has 3 fully saturated rings. The van der Waals surface area contributed by atoms with Crippen molar-refractivity contribution < 1.29 is 27.6 Å². The highest BCUT2D eigenvalue weighted by Gasteiger charge is 2.67. The molecule has 1 heterocycles. The molecule has 0 radical (unpaired) electrons. The number of imide groups is 1. The van der Waals surface area contributed by atoms with Crippen molar-refractivity contribution in [2.24, 2.45) is 35.5 Å². The quantitative estimate of drug-likeness (QED) is 0.453. The maximum Gasteiger partial charge on any atom is 0.416 e. The van der Waals surface area contributed by atoms with E-state index in [1.54, 1.807) is 30.3 Å². The van der Waals surface area contributed by atoms with Crippen LogP contribution in [-0.2, 0) is 27.0 Å². The third kappa shape index (κ3) is 3.65. The van der Waals surface area contributed by atoms with E-state index >= 15 is 0 Å². The van der Waals surface area contributed by atoms with E-state index in [1.807, 2.05) is 12.2 Å². The fourth-order valence-corrected chi connectivity index (χ4v) is 6.60. The molecule has 3 amide bonds. The summed E-state index contributed by atoms with van der Waals surface area (Å²) in [6.07, 6.45) is 0.511. The predicted octanol–water partition coefficient (Wildman–Crippen LogP) is 4.96. The van der Waals surface area contributed by atoms with Crippen molar-refractivity contribution in [2.75, 3.05) is 5.32 Å². The monoisotopic (exact) mass is 514 g/mol. The molecule has 2 aromatic rings. The number of anilines is 1. The number of nitrogens with one attached hydrogen (secondary N) is 1. The molecule has 36 heavy (non-hydrogen) atoms. The number of carbonyl (C=O) groups is 3. The Labute approximate surface area is 210 Å². The van der Waals surface area contributed by atoms with Gasteiger partial charge in [0.1, 0.15) is 6.04 Å². The minimum Gasteiger partial charge on any atom is -0.323 e. The van der Waals surface area contributed by atoms with E-state index in [2.05, 4.69) is 5.32 Å². The topological polar surface area (TPSA) is 66.5 Å². The number of hydrogen-bond donors (Lipinski definition) is 1. The lowest BCUT2D eigenvalue weighted by molar-refractivity contribution is -0.146. The van der Waals surface area contributed by atoms with E-state index in [9.17, 15) is 27.6 Å². The van der Waals surface area contributed by atoms with Crippen LogP contribution in [0.1, 0.15) is 17.5 Å². The van der Waals surface area contributed by atoms with Crippen LogP contribution in [0, 0.1) is 35.5 Å². The highest BCUT2D eigenvalue weighted by Crippen LogP contribution is 2.65. The largest absolute Gasteiger partial charge is 0.416 e. The van der Waals surface area contributed by atoms with E-state index in [-0.39, 0.29) is 40.8 Å². The molecular weight excluding hydrogens is 493 g/mol. The number of nitrogens with zero attached hydrogens (tertiary/aromatic N) is 1. The molecule has 186 valence electrons. The molecule has 0 spiro atoms. The molecule has 1 N–H and O–H groups in total. The minimum atomic E-state index is -4.63. The zero-order valence-corrected chi connectivity index (χ0v) is 19.7. The van der Waals surface area contributed by atoms with E-state index < -0.39 is 35.5 Å². The maximum absolute atomic E-state index is 13.7. The Morgan fingerprint density at radius 1 is 1.00 bits per heavy atom. The number of amides is 3. The van der Waals surface area contributed by atoms with Gasteiger partial charge in [0.05, 0.1) is 28.1 Å². The predicted molar refractivity (Wildman–Crippen MR) is 126 cm³/mol. The molecule has 7 atom stereocenters. The SMILES string of the molecule is O=C(Nc1cc(C(F)(F)F)ccc1Cl)[C@@H](Cc1ccccc1)N1C(=O)[C@H]2[C@@H]3C=C[C@H]([C@H]4C[C@H]34)[C@@H]2C1=O. The summed E-state index contributed by atoms with van der Waals surface area (Å²) in [5.41, 5.74) is -0.482. The van der Waals surface area contributed by atoms with Crippen molar-refractivity contribution in [1.29, 1.82) is 0 Å². The lowest BCUT2D eigenvalue weighted by Crippen LogP contribution is -2.49. The van der Waals surface area contributed by atoms with Gasteiger partial charge in [0.25, 0.3) is 0 Å². The summed E-state index contributed by atoms with van der Waals surface area (Å²) in [6.45, 7) is 0. The fraction of sp³-hybridized carbons (Fsp3) is 0.370. The molecule has 2 bridgehead atoms. The first kappa shape index (κ1) is 23.3. The van der Waals surface area contributed by atoms with E-state index in [0.717, 1.165) is 29.5 Å². The third-order valence-electron chi connectivity index (χ3n) is 8.13. The number of hydrogen-bond acceptors (Lipinski definition) is 3. The van der Waals surface area contributed by atoms with Gasteiger partial charge >= 0.3 is 6.18 Å². The molecule has 0 aromatic heterocycles. The van der Waals surface area contributed by atoms with Gasteiger partial charge in [-0.05, 0) is 53.9 Å². The average molecular weight is 515 g/mol. The number of halogens is 4. The van der Waals surface area contributed by atoms with Crippen molar-refractivity contribution >= 4 is 35.0 Å². The molecule has 5 nitrogen and oxygen atoms in total. The molecule has 2 aromatic carbocycles. The molecule has 9 heteroatoms. The minimum absolute atomic E-state index is 0.00945. The van der Waals surface area contributed by atoms with E-state index in [1.165, 1.54) is 0 Å². The van der Waals surface area contributed by atoms with Crippen molar-refractivity contribution in [3.8, 4) is 0 Å². The average Bonchev–Trinajstić information content (AvgIpc) is 3.62. The van der Waals surface area contributed by atoms with Crippen LogP contribution in [0.2, 0.25) is 5.02 Å². The van der Waals surface area contributed by atoms with Gasteiger partial charge in [-0.25, -0.2) is 0 Å². The summed E-state index contributed by atoms with van der Waals surface area (Å²) >= 11 is 6.10. The number of alkyl halides is 3. The summed E-state index contributed by atoms with van der Waals surface area (Å²) in [6, 6.07) is 10.3. The lowest BCUT2D eigenvalue weighted by Gasteiger charge is -2.37.